The number of aromatic nitrogens is 2. The highest BCUT2D eigenvalue weighted by atomic mass is 16.4. The first-order valence-corrected chi connectivity index (χ1v) is 10.8. The van der Waals surface area contributed by atoms with Crippen molar-refractivity contribution in [2.24, 2.45) is 11.5 Å². The fourth-order valence-corrected chi connectivity index (χ4v) is 2.95. The normalized spacial score (nSPS) is 14.3. The number of carboxylic acid groups (broad SMARTS) is 2. The molecule has 0 aliphatic carbocycles. The van der Waals surface area contributed by atoms with Crippen molar-refractivity contribution >= 4 is 29.7 Å². The minimum atomic E-state index is -1.28. The molecule has 0 radical (unpaired) electrons. The molecule has 0 aliphatic heterocycles. The molecule has 1 aromatic heterocycles. The van der Waals surface area contributed by atoms with Crippen LogP contribution in [0.4, 0.5) is 0 Å². The molecule has 1 aromatic rings. The van der Waals surface area contributed by atoms with Crippen LogP contribution in [0.2, 0.25) is 0 Å². The molecule has 0 aromatic carbocycles. The largest absolute Gasteiger partial charge is 0.481 e. The molecule has 0 spiro atoms. The van der Waals surface area contributed by atoms with Crippen LogP contribution in [0.1, 0.15) is 44.7 Å². The number of aromatic amines is 1. The van der Waals surface area contributed by atoms with Gasteiger partial charge in [0.25, 0.3) is 0 Å². The molecule has 4 unspecified atom stereocenters. The van der Waals surface area contributed by atoms with E-state index < -0.39 is 60.2 Å². The third kappa shape index (κ3) is 10.4. The number of amides is 3. The average Bonchev–Trinajstić information content (AvgIpc) is 3.28. The summed E-state index contributed by atoms with van der Waals surface area (Å²) in [6.07, 6.45) is 3.72. The van der Waals surface area contributed by atoms with Gasteiger partial charge in [-0.1, -0.05) is 6.42 Å². The molecule has 4 atom stereocenters. The molecule has 10 N–H and O–H groups in total. The van der Waals surface area contributed by atoms with Crippen molar-refractivity contribution in [2.75, 3.05) is 6.54 Å². The summed E-state index contributed by atoms with van der Waals surface area (Å²) in [5, 5.41) is 25.4. The lowest BCUT2D eigenvalue weighted by Gasteiger charge is -2.23. The van der Waals surface area contributed by atoms with Gasteiger partial charge in [-0.15, -0.1) is 0 Å². The monoisotopic (exact) mass is 483 g/mol. The van der Waals surface area contributed by atoms with Crippen LogP contribution < -0.4 is 27.4 Å². The van der Waals surface area contributed by atoms with Gasteiger partial charge >= 0.3 is 11.9 Å². The van der Waals surface area contributed by atoms with Crippen LogP contribution in [0.25, 0.3) is 0 Å². The van der Waals surface area contributed by atoms with Crippen molar-refractivity contribution < 1.29 is 34.2 Å². The van der Waals surface area contributed by atoms with Crippen LogP contribution in [-0.2, 0) is 30.4 Å². The molecular formula is C20H33N7O7. The Balaban J connectivity index is 2.74. The number of carbonyl (C=O) groups excluding carboxylic acids is 3. The summed E-state index contributed by atoms with van der Waals surface area (Å²) in [7, 11) is 0. The second-order valence-electron chi connectivity index (χ2n) is 7.80. The van der Waals surface area contributed by atoms with Gasteiger partial charge in [0.2, 0.25) is 17.7 Å². The van der Waals surface area contributed by atoms with Crippen LogP contribution in [0.5, 0.6) is 0 Å². The molecule has 190 valence electrons. The van der Waals surface area contributed by atoms with Gasteiger partial charge in [-0.2, -0.15) is 0 Å². The van der Waals surface area contributed by atoms with E-state index in [1.54, 1.807) is 0 Å². The van der Waals surface area contributed by atoms with Gasteiger partial charge in [-0.05, 0) is 32.7 Å². The number of carbonyl (C=O) groups is 5. The average molecular weight is 484 g/mol. The third-order valence-corrected chi connectivity index (χ3v) is 4.93. The molecule has 1 heterocycles. The number of imidazole rings is 1. The van der Waals surface area contributed by atoms with Crippen LogP contribution in [0, 0.1) is 0 Å². The molecule has 0 saturated heterocycles. The molecule has 14 nitrogen and oxygen atoms in total. The minimum absolute atomic E-state index is 0.0545. The summed E-state index contributed by atoms with van der Waals surface area (Å²) in [5.74, 6) is -4.66. The lowest BCUT2D eigenvalue weighted by Crippen LogP contribution is -2.56. The second-order valence-corrected chi connectivity index (χ2v) is 7.80. The molecule has 0 aliphatic rings. The zero-order valence-electron chi connectivity index (χ0n) is 19.0. The lowest BCUT2D eigenvalue weighted by atomic mass is 10.1. The SMILES string of the molecule is CC(NC(=O)C(CCC(=O)O)NC(=O)C(N)CCCCN)C(=O)NC(Cc1cnc[nH]1)C(=O)O. The smallest absolute Gasteiger partial charge is 0.326 e. The van der Waals surface area contributed by atoms with Gasteiger partial charge in [0, 0.05) is 24.7 Å². The van der Waals surface area contributed by atoms with E-state index in [9.17, 15) is 29.1 Å². The molecule has 1 rings (SSSR count). The van der Waals surface area contributed by atoms with E-state index in [4.69, 9.17) is 16.6 Å². The number of hydrogen-bond donors (Lipinski definition) is 8. The number of carboxylic acids is 2. The van der Waals surface area contributed by atoms with Crippen LogP contribution in [-0.4, -0.2) is 80.6 Å². The van der Waals surface area contributed by atoms with Gasteiger partial charge in [-0.3, -0.25) is 19.2 Å². The van der Waals surface area contributed by atoms with Crippen LogP contribution in [0.3, 0.4) is 0 Å². The Morgan fingerprint density at radius 2 is 1.68 bits per heavy atom. The Morgan fingerprint density at radius 3 is 2.24 bits per heavy atom. The van der Waals surface area contributed by atoms with E-state index in [2.05, 4.69) is 25.9 Å². The second kappa shape index (κ2) is 14.6. The third-order valence-electron chi connectivity index (χ3n) is 4.93. The number of hydrogen-bond acceptors (Lipinski definition) is 8. The Labute approximate surface area is 196 Å². The van der Waals surface area contributed by atoms with Crippen LogP contribution >= 0.6 is 0 Å². The molecule has 0 fully saturated rings. The van der Waals surface area contributed by atoms with E-state index in [0.717, 1.165) is 0 Å². The van der Waals surface area contributed by atoms with Crippen molar-refractivity contribution in [1.29, 1.82) is 0 Å². The Bertz CT molecular complexity index is 831. The van der Waals surface area contributed by atoms with Crippen molar-refractivity contribution in [2.45, 2.75) is 69.6 Å². The maximum atomic E-state index is 12.7. The van der Waals surface area contributed by atoms with Gasteiger partial charge in [0.05, 0.1) is 12.4 Å². The van der Waals surface area contributed by atoms with Crippen LogP contribution in [0.15, 0.2) is 12.5 Å². The molecule has 0 bridgehead atoms. The first kappa shape index (κ1) is 28.5. The van der Waals surface area contributed by atoms with Crippen molar-refractivity contribution in [3.8, 4) is 0 Å². The topological polar surface area (TPSA) is 243 Å². The predicted octanol–water partition coefficient (Wildman–Crippen LogP) is -2.17. The van der Waals surface area contributed by atoms with E-state index in [0.29, 0.717) is 31.5 Å². The Kier molecular flexibility index (Phi) is 12.2. The van der Waals surface area contributed by atoms with E-state index >= 15 is 0 Å². The minimum Gasteiger partial charge on any atom is -0.481 e. The molecule has 0 saturated carbocycles. The first-order valence-electron chi connectivity index (χ1n) is 10.8. The summed E-state index contributed by atoms with van der Waals surface area (Å²) in [6, 6.07) is -4.61. The van der Waals surface area contributed by atoms with E-state index in [1.807, 2.05) is 0 Å². The lowest BCUT2D eigenvalue weighted by molar-refractivity contribution is -0.142. The number of unbranched alkanes of at least 4 members (excludes halogenated alkanes) is 1. The Hall–Kier alpha value is -3.52. The number of nitrogens with zero attached hydrogens (tertiary/aromatic N) is 1. The summed E-state index contributed by atoms with van der Waals surface area (Å²) in [5.41, 5.74) is 11.7. The maximum Gasteiger partial charge on any atom is 0.326 e. The number of aliphatic carboxylic acids is 2. The summed E-state index contributed by atoms with van der Waals surface area (Å²) in [4.78, 5) is 66.4. The molecule has 14 heteroatoms. The highest BCUT2D eigenvalue weighted by Gasteiger charge is 2.29. The predicted molar refractivity (Wildman–Crippen MR) is 119 cm³/mol. The molecule has 34 heavy (non-hydrogen) atoms. The zero-order valence-corrected chi connectivity index (χ0v) is 19.0. The highest BCUT2D eigenvalue weighted by molar-refractivity contribution is 5.94. The molecular weight excluding hydrogens is 450 g/mol. The first-order chi connectivity index (χ1) is 16.0. The fraction of sp³-hybridized carbons (Fsp3) is 0.600. The summed E-state index contributed by atoms with van der Waals surface area (Å²) in [6.45, 7) is 1.78. The number of H-pyrrole nitrogens is 1. The number of nitrogens with two attached hydrogens (primary N) is 2. The highest BCUT2D eigenvalue weighted by Crippen LogP contribution is 2.04. The van der Waals surface area contributed by atoms with Gasteiger partial charge in [0.15, 0.2) is 0 Å². The Morgan fingerprint density at radius 1 is 1.00 bits per heavy atom. The van der Waals surface area contributed by atoms with E-state index in [1.165, 1.54) is 19.4 Å². The van der Waals surface area contributed by atoms with Gasteiger partial charge < -0.3 is 42.6 Å². The quantitative estimate of drug-likeness (QED) is 0.118. The molecule has 3 amide bonds. The summed E-state index contributed by atoms with van der Waals surface area (Å²) < 4.78 is 0. The van der Waals surface area contributed by atoms with Crippen molar-refractivity contribution in [3.05, 3.63) is 18.2 Å². The number of nitrogens with one attached hydrogen (secondary N) is 4. The van der Waals surface area contributed by atoms with Gasteiger partial charge in [0.1, 0.15) is 18.1 Å². The zero-order chi connectivity index (χ0) is 25.7. The summed E-state index contributed by atoms with van der Waals surface area (Å²) >= 11 is 0. The van der Waals surface area contributed by atoms with Gasteiger partial charge in [-0.25, -0.2) is 9.78 Å². The standard InChI is InChI=1S/C20H33N7O7/c1-11(17(30)27-15(20(33)34)8-12-9-23-10-24-12)25-19(32)14(5-6-16(28)29)26-18(31)13(22)4-2-3-7-21/h9-11,13-15H,2-8,21-22H2,1H3,(H,23,24)(H,25,32)(H,26,31)(H,27,30)(H,28,29)(H,33,34). The maximum absolute atomic E-state index is 12.7. The number of rotatable bonds is 16. The van der Waals surface area contributed by atoms with Crippen molar-refractivity contribution in [3.63, 3.8) is 0 Å². The van der Waals surface area contributed by atoms with E-state index in [-0.39, 0.29) is 12.8 Å². The fourth-order valence-electron chi connectivity index (χ4n) is 2.95. The van der Waals surface area contributed by atoms with Crippen molar-refractivity contribution in [1.82, 2.24) is 25.9 Å².